The van der Waals surface area contributed by atoms with Crippen LogP contribution < -0.4 is 5.56 Å². The Hall–Kier alpha value is -2.20. The summed E-state index contributed by atoms with van der Waals surface area (Å²) in [7, 11) is 0. The lowest BCUT2D eigenvalue weighted by molar-refractivity contribution is 0.0982. The second-order valence-electron chi connectivity index (χ2n) is 8.25. The van der Waals surface area contributed by atoms with Crippen molar-refractivity contribution >= 4 is 5.78 Å². The molecule has 150 valence electrons. The Morgan fingerprint density at radius 1 is 1.11 bits per heavy atom. The van der Waals surface area contributed by atoms with Crippen LogP contribution in [0.25, 0.3) is 0 Å². The van der Waals surface area contributed by atoms with Gasteiger partial charge in [0.25, 0.3) is 5.56 Å². The topological polar surface area (TPSA) is 53.2 Å². The van der Waals surface area contributed by atoms with Crippen molar-refractivity contribution in [2.75, 3.05) is 19.6 Å². The van der Waals surface area contributed by atoms with Crippen LogP contribution in [0.4, 0.5) is 0 Å². The molecule has 0 aliphatic carbocycles. The summed E-state index contributed by atoms with van der Waals surface area (Å²) in [5.41, 5.74) is 4.46. The molecule has 0 saturated carbocycles. The summed E-state index contributed by atoms with van der Waals surface area (Å²) in [6, 6.07) is 10.0. The van der Waals surface area contributed by atoms with Crippen LogP contribution in [0.3, 0.4) is 0 Å². The van der Waals surface area contributed by atoms with E-state index in [0.29, 0.717) is 24.3 Å². The van der Waals surface area contributed by atoms with Gasteiger partial charge in [0.1, 0.15) is 0 Å². The molecule has 1 saturated heterocycles. The van der Waals surface area contributed by atoms with Crippen molar-refractivity contribution in [1.82, 2.24) is 9.88 Å². The summed E-state index contributed by atoms with van der Waals surface area (Å²) >= 11 is 0. The van der Waals surface area contributed by atoms with Crippen LogP contribution in [0.2, 0.25) is 0 Å². The van der Waals surface area contributed by atoms with E-state index < -0.39 is 0 Å². The molecule has 1 fully saturated rings. The Morgan fingerprint density at radius 3 is 2.43 bits per heavy atom. The third kappa shape index (κ3) is 5.20. The smallest absolute Gasteiger partial charge is 0.251 e. The van der Waals surface area contributed by atoms with Crippen molar-refractivity contribution in [2.45, 2.75) is 58.8 Å². The Kier molecular flexibility index (Phi) is 6.84. The van der Waals surface area contributed by atoms with Gasteiger partial charge in [0.2, 0.25) is 0 Å². The maximum absolute atomic E-state index is 12.6. The van der Waals surface area contributed by atoms with E-state index in [2.05, 4.69) is 28.9 Å². The number of nitrogens with one attached hydrogen (secondary N) is 1. The second kappa shape index (κ2) is 9.33. The number of aromatic amines is 1. The molecule has 2 aromatic rings. The predicted octanol–water partition coefficient (Wildman–Crippen LogP) is 4.40. The lowest BCUT2D eigenvalue weighted by atomic mass is 9.96. The maximum Gasteiger partial charge on any atom is 0.251 e. The number of H-pyrrole nitrogens is 1. The van der Waals surface area contributed by atoms with Gasteiger partial charge in [-0.15, -0.1) is 0 Å². The second-order valence-corrected chi connectivity index (χ2v) is 8.25. The first-order chi connectivity index (χ1) is 13.4. The monoisotopic (exact) mass is 380 g/mol. The third-order valence-corrected chi connectivity index (χ3v) is 5.88. The van der Waals surface area contributed by atoms with E-state index >= 15 is 0 Å². The summed E-state index contributed by atoms with van der Waals surface area (Å²) in [6.07, 6.45) is 4.81. The number of ketones is 1. The number of carbonyl (C=O) groups excluding carboxylic acids is 1. The van der Waals surface area contributed by atoms with Crippen LogP contribution >= 0.6 is 0 Å². The fourth-order valence-electron chi connectivity index (χ4n) is 4.21. The zero-order chi connectivity index (χ0) is 20.1. The minimum absolute atomic E-state index is 0.0767. The van der Waals surface area contributed by atoms with Gasteiger partial charge in [-0.3, -0.25) is 9.59 Å². The first kappa shape index (κ1) is 20.5. The quantitative estimate of drug-likeness (QED) is 0.725. The number of aromatic nitrogens is 1. The van der Waals surface area contributed by atoms with E-state index in [-0.39, 0.29) is 11.3 Å². The van der Waals surface area contributed by atoms with Crippen molar-refractivity contribution in [3.05, 3.63) is 68.6 Å². The van der Waals surface area contributed by atoms with Gasteiger partial charge in [0.15, 0.2) is 5.78 Å². The van der Waals surface area contributed by atoms with Crippen molar-refractivity contribution in [3.8, 4) is 0 Å². The summed E-state index contributed by atoms with van der Waals surface area (Å²) in [4.78, 5) is 30.1. The van der Waals surface area contributed by atoms with Gasteiger partial charge in [-0.2, -0.15) is 0 Å². The highest BCUT2D eigenvalue weighted by Crippen LogP contribution is 2.20. The predicted molar refractivity (Wildman–Crippen MR) is 114 cm³/mol. The average Bonchev–Trinajstić information content (AvgIpc) is 2.68. The number of likely N-dealkylation sites (tertiary alicyclic amines) is 1. The first-order valence-corrected chi connectivity index (χ1v) is 10.5. The molecule has 1 aliphatic heterocycles. The van der Waals surface area contributed by atoms with Gasteiger partial charge < -0.3 is 9.88 Å². The number of hydrogen-bond donors (Lipinski definition) is 1. The fraction of sp³-hybridized carbons (Fsp3) is 0.500. The highest BCUT2D eigenvalue weighted by atomic mass is 16.1. The van der Waals surface area contributed by atoms with Crippen LogP contribution in [0.1, 0.15) is 71.3 Å². The van der Waals surface area contributed by atoms with Gasteiger partial charge in [-0.1, -0.05) is 37.6 Å². The highest BCUT2D eigenvalue weighted by Gasteiger charge is 2.15. The molecular formula is C24H32N2O2. The number of nitrogens with zero attached hydrogens (tertiary/aromatic N) is 1. The van der Waals surface area contributed by atoms with Gasteiger partial charge in [-0.05, 0) is 69.3 Å². The summed E-state index contributed by atoms with van der Waals surface area (Å²) in [6.45, 7) is 9.56. The molecule has 1 aromatic heterocycles. The summed E-state index contributed by atoms with van der Waals surface area (Å²) < 4.78 is 0. The molecule has 0 bridgehead atoms. The minimum atomic E-state index is -0.0767. The molecule has 1 unspecified atom stereocenters. The molecule has 3 rings (SSSR count). The number of Topliss-reactive ketones (excluding diaryl/α,β-unsaturated/α-hetero) is 1. The summed E-state index contributed by atoms with van der Waals surface area (Å²) in [5.74, 6) is 0.561. The molecule has 28 heavy (non-hydrogen) atoms. The fourth-order valence-corrected chi connectivity index (χ4v) is 4.21. The van der Waals surface area contributed by atoms with Crippen LogP contribution in [-0.2, 0) is 6.42 Å². The van der Waals surface area contributed by atoms with E-state index in [1.54, 1.807) is 0 Å². The molecule has 0 spiro atoms. The van der Waals surface area contributed by atoms with Crippen molar-refractivity contribution in [2.24, 2.45) is 0 Å². The first-order valence-electron chi connectivity index (χ1n) is 10.5. The number of carbonyl (C=O) groups is 1. The normalized spacial score (nSPS) is 16.1. The Balaban J connectivity index is 1.58. The number of rotatable bonds is 7. The lowest BCUT2D eigenvalue weighted by Crippen LogP contribution is -2.32. The highest BCUT2D eigenvalue weighted by molar-refractivity contribution is 5.96. The molecule has 1 N–H and O–H groups in total. The zero-order valence-corrected chi connectivity index (χ0v) is 17.4. The summed E-state index contributed by atoms with van der Waals surface area (Å²) in [5, 5.41) is 0. The molecular weight excluding hydrogens is 348 g/mol. The van der Waals surface area contributed by atoms with E-state index in [4.69, 9.17) is 0 Å². The van der Waals surface area contributed by atoms with Gasteiger partial charge in [0, 0.05) is 29.8 Å². The lowest BCUT2D eigenvalue weighted by Gasteiger charge is -2.29. The Morgan fingerprint density at radius 2 is 1.79 bits per heavy atom. The third-order valence-electron chi connectivity index (χ3n) is 5.88. The van der Waals surface area contributed by atoms with Crippen LogP contribution in [-0.4, -0.2) is 35.3 Å². The number of benzene rings is 1. The SMILES string of the molecule is Cc1cc(C)c(CCC(=O)c2ccc(C(C)CN3CCCCC3)cc2)c(=O)[nH]1. The molecule has 0 radical (unpaired) electrons. The average molecular weight is 381 g/mol. The largest absolute Gasteiger partial charge is 0.326 e. The maximum atomic E-state index is 12.6. The molecule has 4 nitrogen and oxygen atoms in total. The molecule has 2 heterocycles. The van der Waals surface area contributed by atoms with Crippen LogP contribution in [0, 0.1) is 13.8 Å². The van der Waals surface area contributed by atoms with Crippen molar-refractivity contribution < 1.29 is 4.79 Å². The number of hydrogen-bond acceptors (Lipinski definition) is 3. The van der Waals surface area contributed by atoms with Crippen molar-refractivity contribution in [1.29, 1.82) is 0 Å². The molecule has 1 aliphatic rings. The van der Waals surface area contributed by atoms with E-state index in [1.807, 2.05) is 32.0 Å². The van der Waals surface area contributed by atoms with Crippen molar-refractivity contribution in [3.63, 3.8) is 0 Å². The van der Waals surface area contributed by atoms with Gasteiger partial charge in [0.05, 0.1) is 0 Å². The number of aryl methyl sites for hydroxylation is 2. The molecule has 1 atom stereocenters. The standard InChI is InChI=1S/C24H32N2O2/c1-17-15-19(3)25-24(28)22(17)11-12-23(27)21-9-7-20(8-10-21)18(2)16-26-13-5-4-6-14-26/h7-10,15,18H,4-6,11-14,16H2,1-3H3,(H,25,28). The Labute approximate surface area is 168 Å². The molecule has 0 amide bonds. The number of piperidine rings is 1. The van der Waals surface area contributed by atoms with Crippen LogP contribution in [0.15, 0.2) is 35.1 Å². The molecule has 1 aromatic carbocycles. The minimum Gasteiger partial charge on any atom is -0.326 e. The van der Waals surface area contributed by atoms with E-state index in [0.717, 1.165) is 23.4 Å². The number of pyridine rings is 1. The van der Waals surface area contributed by atoms with Crippen LogP contribution in [0.5, 0.6) is 0 Å². The molecule has 4 heteroatoms. The van der Waals surface area contributed by atoms with Gasteiger partial charge in [-0.25, -0.2) is 0 Å². The van der Waals surface area contributed by atoms with E-state index in [9.17, 15) is 9.59 Å². The zero-order valence-electron chi connectivity index (χ0n) is 17.4. The van der Waals surface area contributed by atoms with E-state index in [1.165, 1.54) is 37.9 Å². The van der Waals surface area contributed by atoms with Gasteiger partial charge >= 0.3 is 0 Å². The Bertz CT molecular complexity index is 861.